The van der Waals surface area contributed by atoms with Gasteiger partial charge in [0.05, 0.1) is 25.3 Å². The summed E-state index contributed by atoms with van der Waals surface area (Å²) >= 11 is 0. The molecule has 0 radical (unpaired) electrons. The molecule has 1 amide bonds. The highest BCUT2D eigenvalue weighted by Gasteiger charge is 2.41. The Morgan fingerprint density at radius 1 is 0.667 bits per heavy atom. The summed E-state index contributed by atoms with van der Waals surface area (Å²) in [5.74, 6) is -6.69. The van der Waals surface area contributed by atoms with E-state index in [9.17, 15) is 33.9 Å². The van der Waals surface area contributed by atoms with E-state index >= 15 is 0 Å². The van der Waals surface area contributed by atoms with Crippen molar-refractivity contribution in [2.45, 2.75) is 32.6 Å². The number of carbonyl (C=O) groups is 6. The molecule has 2 atom stereocenters. The number of hydrogen-bond donors (Lipinski definition) is 2. The van der Waals surface area contributed by atoms with Crippen molar-refractivity contribution >= 4 is 35.8 Å². The fourth-order valence-electron chi connectivity index (χ4n) is 3.81. The summed E-state index contributed by atoms with van der Waals surface area (Å²) in [6.07, 6.45) is -4.50. The summed E-state index contributed by atoms with van der Waals surface area (Å²) in [5.41, 5.74) is 0.213. The maximum absolute atomic E-state index is 13.3. The van der Waals surface area contributed by atoms with E-state index in [0.717, 1.165) is 26.0 Å². The predicted octanol–water partition coefficient (Wildman–Crippen LogP) is 2.71. The molecule has 3 aromatic rings. The van der Waals surface area contributed by atoms with Crippen LogP contribution in [0.3, 0.4) is 0 Å². The molecule has 0 aliphatic rings. The molecule has 0 unspecified atom stereocenters. The van der Waals surface area contributed by atoms with Gasteiger partial charge >= 0.3 is 29.8 Å². The third kappa shape index (κ3) is 9.28. The molecule has 0 aliphatic carbocycles. The van der Waals surface area contributed by atoms with Crippen LogP contribution in [0, 0.1) is 0 Å². The number of aliphatic carboxylic acids is 1. The third-order valence-electron chi connectivity index (χ3n) is 5.86. The van der Waals surface area contributed by atoms with Gasteiger partial charge in [0, 0.05) is 20.4 Å². The van der Waals surface area contributed by atoms with Gasteiger partial charge in [-0.25, -0.2) is 14.4 Å². The molecule has 236 valence electrons. The van der Waals surface area contributed by atoms with Gasteiger partial charge in [0.15, 0.2) is 23.0 Å². The zero-order valence-corrected chi connectivity index (χ0v) is 24.6. The van der Waals surface area contributed by atoms with Crippen molar-refractivity contribution < 1.29 is 62.3 Å². The molecule has 0 spiro atoms. The van der Waals surface area contributed by atoms with Crippen molar-refractivity contribution in [3.8, 4) is 23.0 Å². The van der Waals surface area contributed by atoms with Crippen LogP contribution in [0.15, 0.2) is 66.7 Å². The smallest absolute Gasteiger partial charge is 0.349 e. The van der Waals surface area contributed by atoms with E-state index < -0.39 is 48.0 Å². The standard InChI is InChI=1S/C31H29NO13/c1-17(33)42-22-12-10-20(14-24(22)40-3)30(38)44-26(28(35)32-16-19-8-6-5-7-9-19)27(29(36)37)45-31(39)21-11-13-23(43-18(2)34)25(15-21)41-4/h5-15,26-27H,16H2,1-4H3,(H,32,35)(H,36,37)/t26-,27+/m0/s1. The van der Waals surface area contributed by atoms with Crippen LogP contribution in [-0.2, 0) is 35.2 Å². The molecule has 3 rings (SSSR count). The van der Waals surface area contributed by atoms with Gasteiger partial charge in [-0.3, -0.25) is 14.4 Å². The van der Waals surface area contributed by atoms with Gasteiger partial charge in [0.1, 0.15) is 0 Å². The number of carboxylic acid groups (broad SMARTS) is 1. The van der Waals surface area contributed by atoms with Crippen molar-refractivity contribution in [2.75, 3.05) is 14.2 Å². The first-order chi connectivity index (χ1) is 21.4. The zero-order valence-electron chi connectivity index (χ0n) is 24.6. The van der Waals surface area contributed by atoms with Crippen LogP contribution >= 0.6 is 0 Å². The van der Waals surface area contributed by atoms with Crippen LogP contribution in [0.4, 0.5) is 0 Å². The molecular weight excluding hydrogens is 594 g/mol. The summed E-state index contributed by atoms with van der Waals surface area (Å²) in [7, 11) is 2.50. The van der Waals surface area contributed by atoms with Crippen LogP contribution in [0.25, 0.3) is 0 Å². The Labute approximate surface area is 256 Å². The summed E-state index contributed by atoms with van der Waals surface area (Å²) in [5, 5.41) is 12.5. The number of benzene rings is 3. The molecule has 45 heavy (non-hydrogen) atoms. The number of hydrogen-bond acceptors (Lipinski definition) is 12. The van der Waals surface area contributed by atoms with Gasteiger partial charge in [-0.05, 0) is 42.0 Å². The van der Waals surface area contributed by atoms with Gasteiger partial charge in [0.25, 0.3) is 5.91 Å². The van der Waals surface area contributed by atoms with Crippen LogP contribution in [-0.4, -0.2) is 67.3 Å². The number of ether oxygens (including phenoxy) is 6. The number of methoxy groups -OCH3 is 2. The van der Waals surface area contributed by atoms with E-state index in [2.05, 4.69) is 5.32 Å². The molecule has 0 saturated carbocycles. The van der Waals surface area contributed by atoms with E-state index in [-0.39, 0.29) is 40.7 Å². The lowest BCUT2D eigenvalue weighted by Gasteiger charge is -2.24. The van der Waals surface area contributed by atoms with E-state index in [1.54, 1.807) is 30.3 Å². The molecule has 14 nitrogen and oxygen atoms in total. The molecule has 3 aromatic carbocycles. The number of rotatable bonds is 13. The highest BCUT2D eigenvalue weighted by atomic mass is 16.6. The Hall–Kier alpha value is -5.92. The molecule has 0 aromatic heterocycles. The van der Waals surface area contributed by atoms with Gasteiger partial charge < -0.3 is 38.8 Å². The molecule has 0 aliphatic heterocycles. The minimum atomic E-state index is -2.32. The van der Waals surface area contributed by atoms with Crippen LogP contribution in [0.5, 0.6) is 23.0 Å². The highest BCUT2D eigenvalue weighted by Crippen LogP contribution is 2.30. The lowest BCUT2D eigenvalue weighted by atomic mass is 10.1. The average Bonchev–Trinajstić information content (AvgIpc) is 3.01. The Balaban J connectivity index is 1.93. The van der Waals surface area contributed by atoms with Gasteiger partial charge in [-0.15, -0.1) is 0 Å². The number of carbonyl (C=O) groups excluding carboxylic acids is 5. The minimum absolute atomic E-state index is 0.00815. The van der Waals surface area contributed by atoms with Crippen LogP contribution in [0.1, 0.15) is 40.1 Å². The number of amides is 1. The topological polar surface area (TPSA) is 190 Å². The van der Waals surface area contributed by atoms with E-state index in [0.29, 0.717) is 5.56 Å². The quantitative estimate of drug-likeness (QED) is 0.209. The molecule has 2 N–H and O–H groups in total. The average molecular weight is 624 g/mol. The predicted molar refractivity (Wildman–Crippen MR) is 153 cm³/mol. The first kappa shape index (κ1) is 33.6. The maximum atomic E-state index is 13.3. The highest BCUT2D eigenvalue weighted by molar-refractivity contribution is 5.97. The Bertz CT molecular complexity index is 1590. The van der Waals surface area contributed by atoms with Crippen molar-refractivity contribution in [3.63, 3.8) is 0 Å². The van der Waals surface area contributed by atoms with Crippen molar-refractivity contribution in [1.82, 2.24) is 5.32 Å². The lowest BCUT2D eigenvalue weighted by molar-refractivity contribution is -0.159. The zero-order chi connectivity index (χ0) is 33.1. The molecule has 14 heteroatoms. The van der Waals surface area contributed by atoms with E-state index in [4.69, 9.17) is 28.4 Å². The SMILES string of the molecule is COc1cc(C(=O)O[C@H](C(=O)NCc2ccccc2)[C@@H](OC(=O)c2ccc(OC(C)=O)c(OC)c2)C(=O)O)ccc1OC(C)=O. The Morgan fingerprint density at radius 2 is 1.13 bits per heavy atom. The monoisotopic (exact) mass is 623 g/mol. The summed E-state index contributed by atoms with van der Waals surface area (Å²) in [6.45, 7) is 2.25. The molecular formula is C31H29NO13. The largest absolute Gasteiger partial charge is 0.493 e. The van der Waals surface area contributed by atoms with E-state index in [1.165, 1.54) is 38.5 Å². The van der Waals surface area contributed by atoms with Crippen molar-refractivity contribution in [2.24, 2.45) is 0 Å². The first-order valence-electron chi connectivity index (χ1n) is 13.1. The van der Waals surface area contributed by atoms with Crippen LogP contribution < -0.4 is 24.3 Å². The lowest BCUT2D eigenvalue weighted by Crippen LogP contribution is -2.50. The normalized spacial score (nSPS) is 11.6. The second-order valence-electron chi connectivity index (χ2n) is 9.11. The Kier molecular flexibility index (Phi) is 11.6. The first-order valence-corrected chi connectivity index (χ1v) is 13.1. The third-order valence-corrected chi connectivity index (χ3v) is 5.86. The van der Waals surface area contributed by atoms with Gasteiger partial charge in [-0.2, -0.15) is 0 Å². The number of nitrogens with one attached hydrogen (secondary N) is 1. The summed E-state index contributed by atoms with van der Waals surface area (Å²) < 4.78 is 30.8. The molecule has 0 bridgehead atoms. The minimum Gasteiger partial charge on any atom is -0.493 e. The van der Waals surface area contributed by atoms with Gasteiger partial charge in [0.2, 0.25) is 12.2 Å². The molecule has 0 saturated heterocycles. The summed E-state index contributed by atoms with van der Waals surface area (Å²) in [4.78, 5) is 74.6. The van der Waals surface area contributed by atoms with Crippen molar-refractivity contribution in [1.29, 1.82) is 0 Å². The summed E-state index contributed by atoms with van der Waals surface area (Å²) in [6, 6.07) is 15.7. The second kappa shape index (κ2) is 15.5. The second-order valence-corrected chi connectivity index (χ2v) is 9.11. The fraction of sp³-hybridized carbons (Fsp3) is 0.226. The number of carboxylic acids is 1. The maximum Gasteiger partial charge on any atom is 0.349 e. The number of esters is 4. The Morgan fingerprint density at radius 3 is 1.56 bits per heavy atom. The van der Waals surface area contributed by atoms with Gasteiger partial charge in [-0.1, -0.05) is 30.3 Å². The van der Waals surface area contributed by atoms with Crippen LogP contribution in [0.2, 0.25) is 0 Å². The molecule has 0 heterocycles. The fourth-order valence-corrected chi connectivity index (χ4v) is 3.81. The van der Waals surface area contributed by atoms with Crippen molar-refractivity contribution in [3.05, 3.63) is 83.4 Å². The molecule has 0 fully saturated rings. The van der Waals surface area contributed by atoms with E-state index in [1.807, 2.05) is 0 Å².